The Bertz CT molecular complexity index is 1210. The zero-order chi connectivity index (χ0) is 27.6. The van der Waals surface area contributed by atoms with Gasteiger partial charge in [0.1, 0.15) is 12.4 Å². The fraction of sp³-hybridized carbons (Fsp3) is 0.621. The molecule has 1 atom stereocenters. The molecule has 216 valence electrons. The number of piperidine rings is 1. The Kier molecular flexibility index (Phi) is 7.95. The van der Waals surface area contributed by atoms with Crippen molar-refractivity contribution < 1.29 is 14.3 Å². The van der Waals surface area contributed by atoms with Gasteiger partial charge in [-0.1, -0.05) is 6.92 Å². The van der Waals surface area contributed by atoms with E-state index in [0.717, 1.165) is 68.5 Å². The van der Waals surface area contributed by atoms with Gasteiger partial charge in [-0.25, -0.2) is 9.97 Å². The van der Waals surface area contributed by atoms with Crippen LogP contribution >= 0.6 is 0 Å². The van der Waals surface area contributed by atoms with Crippen molar-refractivity contribution in [1.82, 2.24) is 19.8 Å². The summed E-state index contributed by atoms with van der Waals surface area (Å²) in [6.07, 6.45) is 4.94. The topological polar surface area (TPSA) is 121 Å². The molecular formula is C29H42N8O3. The third kappa shape index (κ3) is 5.68. The van der Waals surface area contributed by atoms with Crippen LogP contribution < -0.4 is 26.0 Å². The maximum atomic E-state index is 12.3. The Morgan fingerprint density at radius 3 is 2.60 bits per heavy atom. The summed E-state index contributed by atoms with van der Waals surface area (Å²) >= 11 is 0. The van der Waals surface area contributed by atoms with E-state index in [-0.39, 0.29) is 11.7 Å². The van der Waals surface area contributed by atoms with E-state index in [1.165, 1.54) is 25.9 Å². The Hall–Kier alpha value is -3.15. The summed E-state index contributed by atoms with van der Waals surface area (Å²) < 4.78 is 11.8. The largest absolute Gasteiger partial charge is 0.489 e. The van der Waals surface area contributed by atoms with Crippen LogP contribution in [0.2, 0.25) is 0 Å². The van der Waals surface area contributed by atoms with E-state index in [1.54, 1.807) is 0 Å². The van der Waals surface area contributed by atoms with Crippen LogP contribution in [0.4, 0.5) is 23.0 Å². The molecule has 1 aromatic carbocycles. The predicted molar refractivity (Wildman–Crippen MR) is 156 cm³/mol. The van der Waals surface area contributed by atoms with Crippen molar-refractivity contribution >= 4 is 28.9 Å². The third-order valence-electron chi connectivity index (χ3n) is 8.78. The molecule has 0 aliphatic carbocycles. The van der Waals surface area contributed by atoms with Crippen LogP contribution in [0.3, 0.4) is 0 Å². The number of nitrogens with two attached hydrogens (primary N) is 1. The second-order valence-electron chi connectivity index (χ2n) is 11.5. The van der Waals surface area contributed by atoms with E-state index in [9.17, 15) is 4.79 Å². The van der Waals surface area contributed by atoms with Gasteiger partial charge in [-0.05, 0) is 64.4 Å². The number of hydrogen-bond donors (Lipinski definition) is 3. The molecule has 4 N–H and O–H groups in total. The lowest BCUT2D eigenvalue weighted by Gasteiger charge is -2.48. The van der Waals surface area contributed by atoms with E-state index in [4.69, 9.17) is 20.2 Å². The zero-order valence-electron chi connectivity index (χ0n) is 23.7. The number of hydrogen-bond acceptors (Lipinski definition) is 10. The van der Waals surface area contributed by atoms with E-state index in [1.807, 2.05) is 19.1 Å². The standard InChI is InChI=1S/C29H42N8O3/c1-3-23-28(31-19-8-14-39-15-9-19)34-29(26(33-23)27(30)38)32-20-4-5-24-25(16-20)40-18-22-17-36(12-13-37(22)24)21-6-10-35(2)11-7-21/h4-5,16,19,21-22H,3,6-15,17-18H2,1-2H3,(H2,30,38)(H2,31,32,34)/t22-/m1/s1. The van der Waals surface area contributed by atoms with Crippen LogP contribution in [0.1, 0.15) is 48.8 Å². The summed E-state index contributed by atoms with van der Waals surface area (Å²) in [5.41, 5.74) is 8.49. The molecule has 3 saturated heterocycles. The Morgan fingerprint density at radius 1 is 1.05 bits per heavy atom. The van der Waals surface area contributed by atoms with Gasteiger partial charge < -0.3 is 35.6 Å². The van der Waals surface area contributed by atoms with Gasteiger partial charge in [-0.15, -0.1) is 0 Å². The quantitative estimate of drug-likeness (QED) is 0.474. The van der Waals surface area contributed by atoms with Crippen molar-refractivity contribution in [3.05, 3.63) is 29.6 Å². The van der Waals surface area contributed by atoms with Crippen molar-refractivity contribution in [1.29, 1.82) is 0 Å². The number of benzene rings is 1. The first-order valence-electron chi connectivity index (χ1n) is 14.8. The van der Waals surface area contributed by atoms with Crippen molar-refractivity contribution in [3.8, 4) is 5.75 Å². The van der Waals surface area contributed by atoms with Crippen molar-refractivity contribution in [2.75, 3.05) is 75.1 Å². The van der Waals surface area contributed by atoms with Gasteiger partial charge in [0.2, 0.25) is 0 Å². The molecule has 4 aliphatic rings. The summed E-state index contributed by atoms with van der Waals surface area (Å²) in [5, 5.41) is 6.83. The average Bonchev–Trinajstić information content (AvgIpc) is 2.97. The molecule has 0 spiro atoms. The first kappa shape index (κ1) is 27.0. The van der Waals surface area contributed by atoms with Gasteiger partial charge in [-0.2, -0.15) is 0 Å². The minimum absolute atomic E-state index is 0.137. The number of ether oxygens (including phenoxy) is 2. The van der Waals surface area contributed by atoms with E-state index < -0.39 is 5.91 Å². The molecule has 0 radical (unpaired) electrons. The normalized spacial score (nSPS) is 22.8. The lowest BCUT2D eigenvalue weighted by molar-refractivity contribution is 0.0868. The van der Waals surface area contributed by atoms with Gasteiger partial charge >= 0.3 is 0 Å². The number of carbonyl (C=O) groups is 1. The van der Waals surface area contributed by atoms with Crippen molar-refractivity contribution in [2.45, 2.75) is 57.2 Å². The number of primary amides is 1. The number of nitrogens with one attached hydrogen (secondary N) is 2. The number of aryl methyl sites for hydroxylation is 1. The highest BCUT2D eigenvalue weighted by Crippen LogP contribution is 2.38. The van der Waals surface area contributed by atoms with Crippen LogP contribution in [-0.4, -0.2) is 103 Å². The summed E-state index contributed by atoms with van der Waals surface area (Å²) in [6, 6.07) is 7.39. The van der Waals surface area contributed by atoms with Gasteiger partial charge in [-0.3, -0.25) is 9.69 Å². The number of amides is 1. The second kappa shape index (κ2) is 11.8. The molecule has 1 aromatic heterocycles. The molecule has 0 saturated carbocycles. The van der Waals surface area contributed by atoms with Crippen LogP contribution in [0, 0.1) is 0 Å². The maximum Gasteiger partial charge on any atom is 0.271 e. The maximum absolute atomic E-state index is 12.3. The number of nitrogens with zero attached hydrogens (tertiary/aromatic N) is 5. The smallest absolute Gasteiger partial charge is 0.271 e. The first-order valence-corrected chi connectivity index (χ1v) is 14.8. The van der Waals surface area contributed by atoms with Gasteiger partial charge in [0, 0.05) is 56.7 Å². The Balaban J connectivity index is 1.18. The summed E-state index contributed by atoms with van der Waals surface area (Å²) in [7, 11) is 2.22. The second-order valence-corrected chi connectivity index (χ2v) is 11.5. The molecule has 0 unspecified atom stereocenters. The van der Waals surface area contributed by atoms with Crippen molar-refractivity contribution in [3.63, 3.8) is 0 Å². The molecule has 40 heavy (non-hydrogen) atoms. The lowest BCUT2D eigenvalue weighted by Crippen LogP contribution is -2.60. The van der Waals surface area contributed by atoms with Gasteiger partial charge in [0.25, 0.3) is 5.91 Å². The van der Waals surface area contributed by atoms with Crippen LogP contribution in [-0.2, 0) is 11.2 Å². The SMILES string of the molecule is CCc1nc(C(N)=O)c(Nc2ccc3c(c2)OC[C@H]2CN(C4CCN(C)CC4)CCN32)nc1NC1CCOCC1. The average molecular weight is 551 g/mol. The molecule has 5 heterocycles. The number of likely N-dealkylation sites (tertiary alicyclic amines) is 1. The minimum Gasteiger partial charge on any atom is -0.489 e. The summed E-state index contributed by atoms with van der Waals surface area (Å²) in [6.45, 7) is 9.58. The number of rotatable bonds is 7. The monoisotopic (exact) mass is 550 g/mol. The van der Waals surface area contributed by atoms with E-state index >= 15 is 0 Å². The highest BCUT2D eigenvalue weighted by molar-refractivity contribution is 5.96. The number of fused-ring (bicyclic) bond motifs is 3. The first-order chi connectivity index (χ1) is 19.5. The minimum atomic E-state index is -0.609. The van der Waals surface area contributed by atoms with Crippen molar-refractivity contribution in [2.24, 2.45) is 5.73 Å². The third-order valence-corrected chi connectivity index (χ3v) is 8.78. The number of aromatic nitrogens is 2. The van der Waals surface area contributed by atoms with E-state index in [2.05, 4.69) is 43.4 Å². The molecule has 6 rings (SSSR count). The molecule has 1 amide bonds. The molecule has 11 heteroatoms. The highest BCUT2D eigenvalue weighted by Gasteiger charge is 2.36. The van der Waals surface area contributed by atoms with Crippen LogP contribution in [0.25, 0.3) is 0 Å². The molecule has 3 fully saturated rings. The van der Waals surface area contributed by atoms with Gasteiger partial charge in [0.15, 0.2) is 17.3 Å². The molecule has 4 aliphatic heterocycles. The zero-order valence-corrected chi connectivity index (χ0v) is 23.7. The highest BCUT2D eigenvalue weighted by atomic mass is 16.5. The lowest BCUT2D eigenvalue weighted by atomic mass is 10.00. The molecular weight excluding hydrogens is 508 g/mol. The fourth-order valence-electron chi connectivity index (χ4n) is 6.42. The Labute approximate surface area is 236 Å². The molecule has 11 nitrogen and oxygen atoms in total. The number of anilines is 4. The molecule has 2 aromatic rings. The summed E-state index contributed by atoms with van der Waals surface area (Å²) in [5.74, 6) is 1.26. The Morgan fingerprint density at radius 2 is 1.85 bits per heavy atom. The number of carbonyl (C=O) groups excluding carboxylic acids is 1. The summed E-state index contributed by atoms with van der Waals surface area (Å²) in [4.78, 5) is 29.3. The fourth-order valence-corrected chi connectivity index (χ4v) is 6.42. The van der Waals surface area contributed by atoms with Gasteiger partial charge in [0.05, 0.1) is 17.4 Å². The predicted octanol–water partition coefficient (Wildman–Crippen LogP) is 2.45. The molecule has 0 bridgehead atoms. The van der Waals surface area contributed by atoms with Crippen LogP contribution in [0.5, 0.6) is 5.75 Å². The van der Waals surface area contributed by atoms with E-state index in [0.29, 0.717) is 36.7 Å². The van der Waals surface area contributed by atoms with Crippen LogP contribution in [0.15, 0.2) is 18.2 Å². The number of piperazine rings is 1.